The first-order valence-electron chi connectivity index (χ1n) is 7.72. The molecule has 120 valence electrons. The zero-order valence-corrected chi connectivity index (χ0v) is 14.2. The van der Waals surface area contributed by atoms with Crippen LogP contribution in [0.25, 0.3) is 33.5 Å². The van der Waals surface area contributed by atoms with Crippen LogP contribution >= 0.6 is 11.3 Å². The van der Waals surface area contributed by atoms with E-state index in [0.29, 0.717) is 11.9 Å². The van der Waals surface area contributed by atoms with E-state index in [0.717, 1.165) is 27.6 Å². The molecule has 0 radical (unpaired) electrons. The summed E-state index contributed by atoms with van der Waals surface area (Å²) < 4.78 is 7.97. The van der Waals surface area contributed by atoms with Crippen molar-refractivity contribution in [2.24, 2.45) is 0 Å². The van der Waals surface area contributed by atoms with Crippen LogP contribution in [0.1, 0.15) is 19.9 Å². The van der Waals surface area contributed by atoms with E-state index in [1.54, 1.807) is 23.9 Å². The van der Waals surface area contributed by atoms with Gasteiger partial charge in [0.25, 0.3) is 0 Å². The van der Waals surface area contributed by atoms with Gasteiger partial charge in [0.1, 0.15) is 6.33 Å². The van der Waals surface area contributed by atoms with Crippen molar-refractivity contribution in [3.05, 3.63) is 54.3 Å². The quantitative estimate of drug-likeness (QED) is 0.531. The van der Waals surface area contributed by atoms with E-state index >= 15 is 0 Å². The van der Waals surface area contributed by atoms with Gasteiger partial charge in [0.05, 0.1) is 11.1 Å². The number of rotatable bonds is 4. The van der Waals surface area contributed by atoms with Gasteiger partial charge >= 0.3 is 0 Å². The van der Waals surface area contributed by atoms with E-state index in [2.05, 4.69) is 33.6 Å². The molecule has 0 aliphatic rings. The minimum atomic E-state index is 0.312. The van der Waals surface area contributed by atoms with Crippen molar-refractivity contribution in [1.82, 2.24) is 19.7 Å². The van der Waals surface area contributed by atoms with Crippen molar-refractivity contribution < 1.29 is 4.42 Å². The number of nitrogens with zero attached hydrogens (tertiary/aromatic N) is 4. The van der Waals surface area contributed by atoms with Crippen molar-refractivity contribution >= 4 is 11.3 Å². The van der Waals surface area contributed by atoms with E-state index in [1.807, 2.05) is 41.8 Å². The Kier molecular flexibility index (Phi) is 3.74. The van der Waals surface area contributed by atoms with Gasteiger partial charge in [0.2, 0.25) is 5.89 Å². The first kappa shape index (κ1) is 14.8. The Hall–Kier alpha value is -2.73. The first-order valence-corrected chi connectivity index (χ1v) is 8.60. The zero-order chi connectivity index (χ0) is 16.5. The summed E-state index contributed by atoms with van der Waals surface area (Å²) in [7, 11) is 0. The van der Waals surface area contributed by atoms with E-state index in [9.17, 15) is 0 Å². The molecule has 1 aromatic carbocycles. The van der Waals surface area contributed by atoms with Crippen LogP contribution in [0.4, 0.5) is 0 Å². The fraction of sp³-hybridized carbons (Fsp3) is 0.167. The van der Waals surface area contributed by atoms with E-state index in [1.165, 1.54) is 0 Å². The van der Waals surface area contributed by atoms with Gasteiger partial charge in [-0.2, -0.15) is 0 Å². The Morgan fingerprint density at radius 3 is 2.75 bits per heavy atom. The van der Waals surface area contributed by atoms with Crippen LogP contribution in [0.2, 0.25) is 0 Å². The third kappa shape index (κ3) is 2.65. The minimum Gasteiger partial charge on any atom is -0.436 e. The Morgan fingerprint density at radius 2 is 1.96 bits per heavy atom. The maximum Gasteiger partial charge on any atom is 0.227 e. The Labute approximate surface area is 143 Å². The van der Waals surface area contributed by atoms with Gasteiger partial charge in [-0.25, -0.2) is 4.98 Å². The molecule has 0 fully saturated rings. The standard InChI is InChI=1S/C18H16N4OS/c1-12(2)22-11-20-21-17(22)16-8-14(10-24-16)18-19-9-15(23-18)13-6-4-3-5-7-13/h3-12H,1-2H3. The summed E-state index contributed by atoms with van der Waals surface area (Å²) in [6, 6.07) is 12.3. The van der Waals surface area contributed by atoms with Gasteiger partial charge in [-0.05, 0) is 19.9 Å². The number of hydrogen-bond donors (Lipinski definition) is 0. The molecule has 3 aromatic heterocycles. The summed E-state index contributed by atoms with van der Waals surface area (Å²) in [5, 5.41) is 10.3. The van der Waals surface area contributed by atoms with Gasteiger partial charge in [-0.3, -0.25) is 0 Å². The highest BCUT2D eigenvalue weighted by atomic mass is 32.1. The lowest BCUT2D eigenvalue weighted by molar-refractivity contribution is 0.589. The monoisotopic (exact) mass is 336 g/mol. The van der Waals surface area contributed by atoms with Gasteiger partial charge in [0.15, 0.2) is 11.6 Å². The molecule has 0 N–H and O–H groups in total. The Morgan fingerprint density at radius 1 is 1.12 bits per heavy atom. The average molecular weight is 336 g/mol. The highest BCUT2D eigenvalue weighted by Gasteiger charge is 2.15. The van der Waals surface area contributed by atoms with Crippen molar-refractivity contribution in [3.8, 4) is 33.5 Å². The van der Waals surface area contributed by atoms with E-state index in [-0.39, 0.29) is 0 Å². The maximum atomic E-state index is 5.92. The number of aromatic nitrogens is 4. The third-order valence-electron chi connectivity index (χ3n) is 3.76. The molecule has 3 heterocycles. The Balaban J connectivity index is 1.66. The molecule has 0 aliphatic carbocycles. The second-order valence-corrected chi connectivity index (χ2v) is 6.66. The van der Waals surface area contributed by atoms with Crippen molar-refractivity contribution in [1.29, 1.82) is 0 Å². The predicted molar refractivity (Wildman–Crippen MR) is 94.7 cm³/mol. The molecule has 4 rings (SSSR count). The fourth-order valence-corrected chi connectivity index (χ4v) is 3.38. The van der Waals surface area contributed by atoms with Crippen LogP contribution in [0, 0.1) is 0 Å². The second-order valence-electron chi connectivity index (χ2n) is 5.75. The van der Waals surface area contributed by atoms with Crippen LogP contribution in [0.5, 0.6) is 0 Å². The van der Waals surface area contributed by atoms with Crippen molar-refractivity contribution in [2.75, 3.05) is 0 Å². The lowest BCUT2D eigenvalue weighted by Gasteiger charge is -2.07. The lowest BCUT2D eigenvalue weighted by atomic mass is 10.2. The molecular weight excluding hydrogens is 320 g/mol. The summed E-state index contributed by atoms with van der Waals surface area (Å²) >= 11 is 1.62. The summed E-state index contributed by atoms with van der Waals surface area (Å²) in [5.74, 6) is 2.26. The van der Waals surface area contributed by atoms with Gasteiger partial charge in [-0.1, -0.05) is 30.3 Å². The van der Waals surface area contributed by atoms with Crippen molar-refractivity contribution in [3.63, 3.8) is 0 Å². The third-order valence-corrected chi connectivity index (χ3v) is 4.69. The van der Waals surface area contributed by atoms with Gasteiger partial charge in [-0.15, -0.1) is 21.5 Å². The summed E-state index contributed by atoms with van der Waals surface area (Å²) in [5.41, 5.74) is 1.97. The molecule has 0 unspecified atom stereocenters. The number of hydrogen-bond acceptors (Lipinski definition) is 5. The molecule has 0 saturated heterocycles. The lowest BCUT2D eigenvalue weighted by Crippen LogP contribution is -2.00. The summed E-state index contributed by atoms with van der Waals surface area (Å²) in [6.07, 6.45) is 3.52. The predicted octanol–water partition coefficient (Wildman–Crippen LogP) is 4.91. The van der Waals surface area contributed by atoms with Crippen LogP contribution in [-0.4, -0.2) is 19.7 Å². The van der Waals surface area contributed by atoms with E-state index < -0.39 is 0 Å². The zero-order valence-electron chi connectivity index (χ0n) is 13.4. The number of oxazole rings is 1. The van der Waals surface area contributed by atoms with Gasteiger partial charge < -0.3 is 8.98 Å². The highest BCUT2D eigenvalue weighted by Crippen LogP contribution is 2.33. The average Bonchev–Trinajstić information content (AvgIpc) is 3.33. The summed E-state index contributed by atoms with van der Waals surface area (Å²) in [4.78, 5) is 5.46. The SMILES string of the molecule is CC(C)n1cnnc1-c1cc(-c2ncc(-c3ccccc3)o2)cs1. The van der Waals surface area contributed by atoms with Crippen LogP contribution in [0.3, 0.4) is 0 Å². The van der Waals surface area contributed by atoms with Crippen LogP contribution in [0.15, 0.2) is 58.7 Å². The topological polar surface area (TPSA) is 56.7 Å². The molecule has 0 bridgehead atoms. The normalized spacial score (nSPS) is 11.3. The Bertz CT molecular complexity index is 952. The number of benzene rings is 1. The molecule has 0 amide bonds. The molecule has 0 aliphatic heterocycles. The molecule has 0 atom stereocenters. The van der Waals surface area contributed by atoms with Crippen LogP contribution < -0.4 is 0 Å². The molecular formula is C18H16N4OS. The minimum absolute atomic E-state index is 0.312. The molecule has 0 saturated carbocycles. The second kappa shape index (κ2) is 6.05. The molecule has 24 heavy (non-hydrogen) atoms. The first-order chi connectivity index (χ1) is 11.7. The molecule has 6 heteroatoms. The van der Waals surface area contributed by atoms with Crippen molar-refractivity contribution in [2.45, 2.75) is 19.9 Å². The molecule has 4 aromatic rings. The maximum absolute atomic E-state index is 5.92. The largest absolute Gasteiger partial charge is 0.436 e. The summed E-state index contributed by atoms with van der Waals surface area (Å²) in [6.45, 7) is 4.23. The highest BCUT2D eigenvalue weighted by molar-refractivity contribution is 7.13. The molecule has 5 nitrogen and oxygen atoms in total. The molecule has 0 spiro atoms. The van der Waals surface area contributed by atoms with Crippen LogP contribution in [-0.2, 0) is 0 Å². The number of thiophene rings is 1. The fourth-order valence-electron chi connectivity index (χ4n) is 2.51. The van der Waals surface area contributed by atoms with E-state index in [4.69, 9.17) is 4.42 Å². The smallest absolute Gasteiger partial charge is 0.227 e. The van der Waals surface area contributed by atoms with Gasteiger partial charge in [0, 0.05) is 22.5 Å².